The van der Waals surface area contributed by atoms with Gasteiger partial charge in [-0.05, 0) is 85.0 Å². The van der Waals surface area contributed by atoms with Crippen molar-refractivity contribution in [2.24, 2.45) is 0 Å². The maximum absolute atomic E-state index is 6.14. The maximum atomic E-state index is 6.14. The van der Waals surface area contributed by atoms with Gasteiger partial charge >= 0.3 is 0 Å². The number of nitrogens with zero attached hydrogens (tertiary/aromatic N) is 1. The van der Waals surface area contributed by atoms with Crippen molar-refractivity contribution in [3.8, 4) is 5.75 Å². The van der Waals surface area contributed by atoms with Gasteiger partial charge < -0.3 is 4.74 Å². The molecule has 0 radical (unpaired) electrons. The van der Waals surface area contributed by atoms with E-state index in [1.54, 1.807) is 0 Å². The molecule has 0 unspecified atom stereocenters. The zero-order valence-corrected chi connectivity index (χ0v) is 18.2. The Labute approximate surface area is 184 Å². The molecule has 0 atom stereocenters. The zero-order valence-electron chi connectivity index (χ0n) is 17.5. The summed E-state index contributed by atoms with van der Waals surface area (Å²) in [4.78, 5) is 2.47. The Morgan fingerprint density at radius 1 is 0.800 bits per heavy atom. The Hall–Kier alpha value is -2.55. The van der Waals surface area contributed by atoms with Crippen LogP contribution < -0.4 is 4.74 Å². The van der Waals surface area contributed by atoms with Crippen LogP contribution in [0.25, 0.3) is 11.1 Å². The average molecular weight is 418 g/mol. The number of halogens is 1. The van der Waals surface area contributed by atoms with Crippen LogP contribution in [0.3, 0.4) is 0 Å². The molecule has 3 aromatic carbocycles. The molecule has 1 heterocycles. The van der Waals surface area contributed by atoms with Gasteiger partial charge in [-0.15, -0.1) is 0 Å². The minimum atomic E-state index is 0.738. The molecule has 154 valence electrons. The summed E-state index contributed by atoms with van der Waals surface area (Å²) in [5, 5.41) is 0.747. The number of rotatable bonds is 7. The van der Waals surface area contributed by atoms with E-state index < -0.39 is 0 Å². The van der Waals surface area contributed by atoms with E-state index in [0.29, 0.717) is 0 Å². The number of benzene rings is 3. The molecule has 3 aromatic rings. The molecule has 0 aliphatic carbocycles. The molecule has 0 bridgehead atoms. The van der Waals surface area contributed by atoms with Crippen LogP contribution in [0.2, 0.25) is 5.02 Å². The molecule has 30 heavy (non-hydrogen) atoms. The first kappa shape index (κ1) is 20.7. The van der Waals surface area contributed by atoms with E-state index in [1.807, 2.05) is 18.2 Å². The third-order valence-electron chi connectivity index (χ3n) is 5.73. The molecule has 1 aliphatic rings. The molecule has 4 rings (SSSR count). The van der Waals surface area contributed by atoms with Gasteiger partial charge in [0.1, 0.15) is 12.4 Å². The highest BCUT2D eigenvalue weighted by molar-refractivity contribution is 6.30. The Morgan fingerprint density at radius 3 is 2.03 bits per heavy atom. The smallest absolute Gasteiger partial charge is 0.119 e. The van der Waals surface area contributed by atoms with E-state index in [0.717, 1.165) is 29.5 Å². The molecular weight excluding hydrogens is 390 g/mol. The minimum absolute atomic E-state index is 0.738. The molecule has 1 fully saturated rings. The summed E-state index contributed by atoms with van der Waals surface area (Å²) in [7, 11) is 0. The Bertz CT molecular complexity index is 972. The predicted molar refractivity (Wildman–Crippen MR) is 127 cm³/mol. The van der Waals surface area contributed by atoms with Crippen molar-refractivity contribution in [2.45, 2.75) is 19.8 Å². The third kappa shape index (κ3) is 5.13. The first-order chi connectivity index (χ1) is 14.7. The van der Waals surface area contributed by atoms with Crippen molar-refractivity contribution in [2.75, 3.05) is 26.2 Å². The monoisotopic (exact) mass is 417 g/mol. The van der Waals surface area contributed by atoms with Crippen molar-refractivity contribution < 1.29 is 4.74 Å². The van der Waals surface area contributed by atoms with Gasteiger partial charge in [-0.3, -0.25) is 4.90 Å². The Kier molecular flexibility index (Phi) is 6.88. The van der Waals surface area contributed by atoms with E-state index in [-0.39, 0.29) is 0 Å². The number of allylic oxidation sites excluding steroid dienone is 1. The number of hydrogen-bond donors (Lipinski definition) is 0. The fourth-order valence-corrected chi connectivity index (χ4v) is 4.19. The lowest BCUT2D eigenvalue weighted by Crippen LogP contribution is -2.25. The van der Waals surface area contributed by atoms with Crippen LogP contribution in [-0.4, -0.2) is 31.1 Å². The van der Waals surface area contributed by atoms with Crippen LogP contribution in [0.15, 0.2) is 78.9 Å². The van der Waals surface area contributed by atoms with Crippen LogP contribution >= 0.6 is 11.6 Å². The van der Waals surface area contributed by atoms with Gasteiger partial charge in [-0.25, -0.2) is 0 Å². The van der Waals surface area contributed by atoms with Crippen molar-refractivity contribution in [3.05, 3.63) is 101 Å². The largest absolute Gasteiger partial charge is 0.492 e. The maximum Gasteiger partial charge on any atom is 0.119 e. The summed E-state index contributed by atoms with van der Waals surface area (Å²) in [5.74, 6) is 0.922. The molecule has 3 heteroatoms. The highest BCUT2D eigenvalue weighted by atomic mass is 35.5. The number of hydrogen-bond acceptors (Lipinski definition) is 2. The summed E-state index contributed by atoms with van der Waals surface area (Å²) in [5.41, 5.74) is 5.99. The lowest BCUT2D eigenvalue weighted by molar-refractivity contribution is 0.238. The van der Waals surface area contributed by atoms with Gasteiger partial charge in [0.05, 0.1) is 0 Å². The topological polar surface area (TPSA) is 12.5 Å². The van der Waals surface area contributed by atoms with E-state index in [2.05, 4.69) is 72.5 Å². The first-order valence-electron chi connectivity index (χ1n) is 10.7. The summed E-state index contributed by atoms with van der Waals surface area (Å²) in [6, 6.07) is 27.1. The second kappa shape index (κ2) is 9.97. The highest BCUT2D eigenvalue weighted by Gasteiger charge is 2.13. The van der Waals surface area contributed by atoms with Gasteiger partial charge in [0.15, 0.2) is 0 Å². The van der Waals surface area contributed by atoms with Crippen LogP contribution in [0.5, 0.6) is 5.75 Å². The summed E-state index contributed by atoms with van der Waals surface area (Å²) in [6.45, 7) is 6.33. The third-order valence-corrected chi connectivity index (χ3v) is 5.98. The van der Waals surface area contributed by atoms with Crippen LogP contribution in [-0.2, 0) is 0 Å². The average Bonchev–Trinajstić information content (AvgIpc) is 3.30. The molecule has 2 nitrogen and oxygen atoms in total. The molecule has 1 saturated heterocycles. The zero-order chi connectivity index (χ0) is 20.8. The molecule has 0 saturated carbocycles. The number of ether oxygens (including phenoxy) is 1. The van der Waals surface area contributed by atoms with Gasteiger partial charge in [0, 0.05) is 11.6 Å². The molecule has 1 aliphatic heterocycles. The van der Waals surface area contributed by atoms with E-state index in [1.165, 1.54) is 48.2 Å². The normalized spacial score (nSPS) is 15.1. The van der Waals surface area contributed by atoms with Crippen LogP contribution in [0.4, 0.5) is 0 Å². The summed E-state index contributed by atoms with van der Waals surface area (Å²) < 4.78 is 5.99. The van der Waals surface area contributed by atoms with Crippen LogP contribution in [0, 0.1) is 0 Å². The molecule has 0 amide bonds. The van der Waals surface area contributed by atoms with E-state index in [4.69, 9.17) is 16.3 Å². The fraction of sp³-hybridized carbons (Fsp3) is 0.259. The van der Waals surface area contributed by atoms with Gasteiger partial charge in [0.2, 0.25) is 0 Å². The minimum Gasteiger partial charge on any atom is -0.492 e. The van der Waals surface area contributed by atoms with Crippen molar-refractivity contribution >= 4 is 22.7 Å². The van der Waals surface area contributed by atoms with E-state index in [9.17, 15) is 0 Å². The van der Waals surface area contributed by atoms with Gasteiger partial charge in [-0.2, -0.15) is 0 Å². The standard InChI is InChI=1S/C27H28ClNO/c1-21(22-7-3-2-4-8-22)27(23-9-13-25(28)14-10-23)24-11-15-26(16-12-24)30-20-19-29-17-5-6-18-29/h2-4,7-16H,5-6,17-20H2,1H3/b27-21+. The molecule has 0 N–H and O–H groups in total. The Morgan fingerprint density at radius 2 is 1.40 bits per heavy atom. The molecule has 0 aromatic heterocycles. The van der Waals surface area contributed by atoms with Gasteiger partial charge in [-0.1, -0.05) is 66.2 Å². The second-order valence-electron chi connectivity index (χ2n) is 7.79. The quantitative estimate of drug-likeness (QED) is 0.392. The lowest BCUT2D eigenvalue weighted by atomic mass is 9.90. The van der Waals surface area contributed by atoms with E-state index >= 15 is 0 Å². The summed E-state index contributed by atoms with van der Waals surface area (Å²) in [6.07, 6.45) is 2.63. The highest BCUT2D eigenvalue weighted by Crippen LogP contribution is 2.33. The van der Waals surface area contributed by atoms with Crippen molar-refractivity contribution in [1.29, 1.82) is 0 Å². The number of likely N-dealkylation sites (tertiary alicyclic amines) is 1. The van der Waals surface area contributed by atoms with Gasteiger partial charge in [0.25, 0.3) is 0 Å². The molecule has 0 spiro atoms. The predicted octanol–water partition coefficient (Wildman–Crippen LogP) is 6.79. The van der Waals surface area contributed by atoms with Crippen molar-refractivity contribution in [1.82, 2.24) is 4.90 Å². The Balaban J connectivity index is 1.58. The van der Waals surface area contributed by atoms with Crippen LogP contribution in [0.1, 0.15) is 36.5 Å². The SMILES string of the molecule is C/C(=C(/c1ccc(Cl)cc1)c1ccc(OCCN2CCCC2)cc1)c1ccccc1. The lowest BCUT2D eigenvalue weighted by Gasteiger charge is -2.16. The van der Waals surface area contributed by atoms with Crippen molar-refractivity contribution in [3.63, 3.8) is 0 Å². The molecular formula is C27H28ClNO. The fourth-order valence-electron chi connectivity index (χ4n) is 4.07. The summed E-state index contributed by atoms with van der Waals surface area (Å²) >= 11 is 6.14. The second-order valence-corrected chi connectivity index (χ2v) is 8.23. The first-order valence-corrected chi connectivity index (χ1v) is 11.1.